The quantitative estimate of drug-likeness (QED) is 0.350. The lowest BCUT2D eigenvalue weighted by molar-refractivity contribution is -0.110. The first-order valence-electron chi connectivity index (χ1n) is 9.68. The molecule has 2 aromatic carbocycles. The molecule has 3 aromatic rings. The van der Waals surface area contributed by atoms with E-state index in [0.717, 1.165) is 11.1 Å². The van der Waals surface area contributed by atoms with Crippen molar-refractivity contribution >= 4 is 29.1 Å². The first-order chi connectivity index (χ1) is 14.9. The van der Waals surface area contributed by atoms with E-state index < -0.39 is 11.8 Å². The summed E-state index contributed by atoms with van der Waals surface area (Å²) in [5.41, 5.74) is 5.00. The van der Waals surface area contributed by atoms with Crippen LogP contribution in [0.25, 0.3) is 0 Å². The minimum absolute atomic E-state index is 0.127. The van der Waals surface area contributed by atoms with Crippen molar-refractivity contribution in [1.29, 1.82) is 0 Å². The van der Waals surface area contributed by atoms with Crippen molar-refractivity contribution in [3.63, 3.8) is 0 Å². The zero-order valence-corrected chi connectivity index (χ0v) is 17.3. The van der Waals surface area contributed by atoms with Gasteiger partial charge in [0.1, 0.15) is 11.5 Å². The molecule has 0 radical (unpaired) electrons. The molecule has 7 heteroatoms. The van der Waals surface area contributed by atoms with Crippen LogP contribution in [0.15, 0.2) is 78.0 Å². The summed E-state index contributed by atoms with van der Waals surface area (Å²) >= 11 is 0. The molecule has 0 atom stereocenters. The van der Waals surface area contributed by atoms with E-state index >= 15 is 0 Å². The van der Waals surface area contributed by atoms with Crippen LogP contribution in [-0.4, -0.2) is 28.3 Å². The van der Waals surface area contributed by atoms with Crippen LogP contribution in [-0.2, 0) is 4.79 Å². The van der Waals surface area contributed by atoms with E-state index in [1.54, 1.807) is 60.8 Å². The number of aromatic nitrogens is 1. The summed E-state index contributed by atoms with van der Waals surface area (Å²) in [4.78, 5) is 41.9. The normalized spacial score (nSPS) is 11.0. The summed E-state index contributed by atoms with van der Waals surface area (Å²) in [5.74, 6) is -1.07. The zero-order chi connectivity index (χ0) is 22.2. The van der Waals surface area contributed by atoms with E-state index in [1.165, 1.54) is 0 Å². The van der Waals surface area contributed by atoms with Gasteiger partial charge < -0.3 is 5.32 Å². The van der Waals surface area contributed by atoms with Crippen molar-refractivity contribution in [1.82, 2.24) is 10.4 Å². The van der Waals surface area contributed by atoms with E-state index in [-0.39, 0.29) is 17.9 Å². The molecule has 31 heavy (non-hydrogen) atoms. The second-order valence-corrected chi connectivity index (χ2v) is 7.00. The Kier molecular flexibility index (Phi) is 7.01. The van der Waals surface area contributed by atoms with Gasteiger partial charge >= 0.3 is 0 Å². The summed E-state index contributed by atoms with van der Waals surface area (Å²) < 4.78 is 0. The van der Waals surface area contributed by atoms with Gasteiger partial charge in [-0.05, 0) is 43.7 Å². The molecule has 0 spiro atoms. The molecule has 0 aliphatic carbocycles. The maximum atomic E-state index is 12.8. The summed E-state index contributed by atoms with van der Waals surface area (Å²) in [6.07, 6.45) is 1.28. The number of ketones is 1. The van der Waals surface area contributed by atoms with Crippen molar-refractivity contribution in [2.45, 2.75) is 20.3 Å². The Balaban J connectivity index is 1.81. The van der Waals surface area contributed by atoms with Crippen molar-refractivity contribution in [2.24, 2.45) is 5.10 Å². The molecule has 0 saturated carbocycles. The monoisotopic (exact) mass is 414 g/mol. The topological polar surface area (TPSA) is 101 Å². The van der Waals surface area contributed by atoms with Crippen LogP contribution in [0.2, 0.25) is 0 Å². The zero-order valence-electron chi connectivity index (χ0n) is 17.3. The first-order valence-corrected chi connectivity index (χ1v) is 9.68. The lowest BCUT2D eigenvalue weighted by atomic mass is 10.0. The standard InChI is InChI=1S/C24H22N4O3/c1-16-8-10-18(11-9-16)21(29)15-20(24(31)26-22-14-17(2)12-13-25-22)27-28-23(30)19-6-4-3-5-7-19/h3-14H,15H2,1-2H3,(H,28,30)(H,25,26,31). The number of nitrogens with zero attached hydrogens (tertiary/aromatic N) is 2. The Morgan fingerprint density at radius 1 is 0.871 bits per heavy atom. The number of hydrogen-bond donors (Lipinski definition) is 2. The average Bonchev–Trinajstić information content (AvgIpc) is 2.77. The Hall–Kier alpha value is -4.13. The minimum Gasteiger partial charge on any atom is -0.305 e. The van der Waals surface area contributed by atoms with Crippen molar-refractivity contribution in [3.05, 3.63) is 95.2 Å². The highest BCUT2D eigenvalue weighted by Gasteiger charge is 2.19. The molecule has 2 N–H and O–H groups in total. The van der Waals surface area contributed by atoms with Crippen LogP contribution in [0.4, 0.5) is 5.82 Å². The molecule has 156 valence electrons. The fourth-order valence-electron chi connectivity index (χ4n) is 2.73. The molecule has 0 aliphatic heterocycles. The predicted molar refractivity (Wildman–Crippen MR) is 119 cm³/mol. The number of Topliss-reactive ketones (excluding diaryl/α,β-unsaturated/α-hetero) is 1. The number of pyridine rings is 1. The highest BCUT2D eigenvalue weighted by molar-refractivity contribution is 6.46. The molecule has 0 saturated heterocycles. The molecule has 1 aromatic heterocycles. The summed E-state index contributed by atoms with van der Waals surface area (Å²) in [6.45, 7) is 3.79. The summed E-state index contributed by atoms with van der Waals surface area (Å²) in [7, 11) is 0. The minimum atomic E-state index is -0.619. The van der Waals surface area contributed by atoms with Crippen molar-refractivity contribution in [2.75, 3.05) is 5.32 Å². The number of carbonyl (C=O) groups is 3. The maximum absolute atomic E-state index is 12.8. The third-order valence-electron chi connectivity index (χ3n) is 4.45. The molecule has 2 amide bonds. The molecular formula is C24H22N4O3. The molecule has 0 aliphatic rings. The number of aryl methyl sites for hydroxylation is 2. The van der Waals surface area contributed by atoms with Crippen LogP contribution in [0.5, 0.6) is 0 Å². The van der Waals surface area contributed by atoms with Gasteiger partial charge in [0, 0.05) is 17.3 Å². The van der Waals surface area contributed by atoms with Gasteiger partial charge in [-0.25, -0.2) is 10.4 Å². The fraction of sp³-hybridized carbons (Fsp3) is 0.125. The smallest absolute Gasteiger partial charge is 0.273 e. The second kappa shape index (κ2) is 10.1. The second-order valence-electron chi connectivity index (χ2n) is 7.00. The van der Waals surface area contributed by atoms with Gasteiger partial charge in [-0.2, -0.15) is 5.10 Å². The number of nitrogens with one attached hydrogen (secondary N) is 2. The molecular weight excluding hydrogens is 392 g/mol. The number of hydrogen-bond acceptors (Lipinski definition) is 5. The number of hydrazone groups is 1. The molecule has 7 nitrogen and oxygen atoms in total. The van der Waals surface area contributed by atoms with Crippen LogP contribution in [0.3, 0.4) is 0 Å². The van der Waals surface area contributed by atoms with Gasteiger partial charge in [0.05, 0.1) is 6.42 Å². The largest absolute Gasteiger partial charge is 0.305 e. The summed E-state index contributed by atoms with van der Waals surface area (Å²) in [6, 6.07) is 19.0. The Morgan fingerprint density at radius 3 is 2.26 bits per heavy atom. The first kappa shape index (κ1) is 21.6. The highest BCUT2D eigenvalue weighted by Crippen LogP contribution is 2.10. The molecule has 0 fully saturated rings. The molecule has 0 unspecified atom stereocenters. The van der Waals surface area contributed by atoms with Gasteiger partial charge in [0.25, 0.3) is 11.8 Å². The Labute approximate surface area is 180 Å². The number of carbonyl (C=O) groups excluding carboxylic acids is 3. The lowest BCUT2D eigenvalue weighted by Gasteiger charge is -2.09. The fourth-order valence-corrected chi connectivity index (χ4v) is 2.73. The molecule has 1 heterocycles. The lowest BCUT2D eigenvalue weighted by Crippen LogP contribution is -2.29. The summed E-state index contributed by atoms with van der Waals surface area (Å²) in [5, 5.41) is 6.59. The van der Waals surface area contributed by atoms with Crippen molar-refractivity contribution in [3.8, 4) is 0 Å². The molecule has 0 bridgehead atoms. The third kappa shape index (κ3) is 6.17. The van der Waals surface area contributed by atoms with E-state index in [4.69, 9.17) is 0 Å². The van der Waals surface area contributed by atoms with Gasteiger partial charge in [0.15, 0.2) is 5.78 Å². The number of anilines is 1. The number of amides is 2. The van der Waals surface area contributed by atoms with Crippen LogP contribution < -0.4 is 10.7 Å². The van der Waals surface area contributed by atoms with Gasteiger partial charge in [-0.1, -0.05) is 48.0 Å². The van der Waals surface area contributed by atoms with Gasteiger partial charge in [-0.15, -0.1) is 0 Å². The van der Waals surface area contributed by atoms with E-state index in [0.29, 0.717) is 16.9 Å². The van der Waals surface area contributed by atoms with Crippen LogP contribution >= 0.6 is 0 Å². The van der Waals surface area contributed by atoms with Crippen LogP contribution in [0, 0.1) is 13.8 Å². The van der Waals surface area contributed by atoms with Crippen LogP contribution in [0.1, 0.15) is 38.3 Å². The maximum Gasteiger partial charge on any atom is 0.273 e. The molecule has 3 rings (SSSR count). The van der Waals surface area contributed by atoms with E-state index in [1.807, 2.05) is 26.0 Å². The number of benzene rings is 2. The van der Waals surface area contributed by atoms with Gasteiger partial charge in [0.2, 0.25) is 0 Å². The van der Waals surface area contributed by atoms with Gasteiger partial charge in [-0.3, -0.25) is 14.4 Å². The average molecular weight is 414 g/mol. The predicted octanol–water partition coefficient (Wildman–Crippen LogP) is 3.70. The highest BCUT2D eigenvalue weighted by atomic mass is 16.2. The Morgan fingerprint density at radius 2 is 1.58 bits per heavy atom. The SMILES string of the molecule is Cc1ccc(C(=O)CC(=NNC(=O)c2ccccc2)C(=O)Nc2cc(C)ccn2)cc1. The van der Waals surface area contributed by atoms with Crippen molar-refractivity contribution < 1.29 is 14.4 Å². The Bertz CT molecular complexity index is 1120. The number of rotatable bonds is 7. The third-order valence-corrected chi connectivity index (χ3v) is 4.45. The van der Waals surface area contributed by atoms with E-state index in [9.17, 15) is 14.4 Å². The van der Waals surface area contributed by atoms with E-state index in [2.05, 4.69) is 20.8 Å².